The second-order valence-corrected chi connectivity index (χ2v) is 3.86. The van der Waals surface area contributed by atoms with Crippen LogP contribution in [0, 0.1) is 0 Å². The van der Waals surface area contributed by atoms with Crippen molar-refractivity contribution in [3.05, 3.63) is 47.5 Å². The summed E-state index contributed by atoms with van der Waals surface area (Å²) in [6.07, 6.45) is 5.24. The molecule has 0 saturated carbocycles. The lowest BCUT2D eigenvalue weighted by Crippen LogP contribution is -2.06. The molecule has 0 fully saturated rings. The quantitative estimate of drug-likeness (QED) is 0.781. The molecule has 16 heavy (non-hydrogen) atoms. The van der Waals surface area contributed by atoms with Crippen LogP contribution in [0.1, 0.15) is 23.7 Å². The highest BCUT2D eigenvalue weighted by Gasteiger charge is 2.21. The van der Waals surface area contributed by atoms with E-state index in [-0.39, 0.29) is 6.10 Å². The summed E-state index contributed by atoms with van der Waals surface area (Å²) in [6, 6.07) is 8.32. The molecule has 1 aliphatic rings. The molecule has 0 aromatic heterocycles. The van der Waals surface area contributed by atoms with Gasteiger partial charge in [0.05, 0.1) is 12.7 Å². The number of primary amides is 1. The number of benzene rings is 1. The van der Waals surface area contributed by atoms with E-state index < -0.39 is 5.91 Å². The molecular formula is C13H15NO2. The Kier molecular flexibility index (Phi) is 3.37. The van der Waals surface area contributed by atoms with Gasteiger partial charge in [0, 0.05) is 6.08 Å². The fourth-order valence-electron chi connectivity index (χ4n) is 2.03. The number of hydrogen-bond acceptors (Lipinski definition) is 2. The van der Waals surface area contributed by atoms with E-state index in [0.29, 0.717) is 6.61 Å². The van der Waals surface area contributed by atoms with E-state index in [4.69, 9.17) is 10.5 Å². The average molecular weight is 217 g/mol. The SMILES string of the molecule is NC(=O)C=CCOC1CCc2ccccc21. The van der Waals surface area contributed by atoms with Crippen LogP contribution in [0.3, 0.4) is 0 Å². The minimum Gasteiger partial charge on any atom is -0.369 e. The lowest BCUT2D eigenvalue weighted by molar-refractivity contribution is -0.113. The van der Waals surface area contributed by atoms with Crippen LogP contribution in [0.5, 0.6) is 0 Å². The minimum absolute atomic E-state index is 0.161. The van der Waals surface area contributed by atoms with Gasteiger partial charge < -0.3 is 10.5 Å². The smallest absolute Gasteiger partial charge is 0.241 e. The summed E-state index contributed by atoms with van der Waals surface area (Å²) in [6.45, 7) is 0.432. The van der Waals surface area contributed by atoms with Gasteiger partial charge in [-0.3, -0.25) is 4.79 Å². The van der Waals surface area contributed by atoms with E-state index in [1.54, 1.807) is 6.08 Å². The molecule has 1 aromatic rings. The number of aryl methyl sites for hydroxylation is 1. The van der Waals surface area contributed by atoms with Crippen LogP contribution in [0.4, 0.5) is 0 Å². The van der Waals surface area contributed by atoms with Crippen molar-refractivity contribution in [2.45, 2.75) is 18.9 Å². The number of hydrogen-bond donors (Lipinski definition) is 1. The molecule has 2 N–H and O–H groups in total. The molecule has 0 bridgehead atoms. The highest BCUT2D eigenvalue weighted by atomic mass is 16.5. The molecule has 0 saturated heterocycles. The lowest BCUT2D eigenvalue weighted by atomic mass is 10.1. The second kappa shape index (κ2) is 4.94. The van der Waals surface area contributed by atoms with Crippen molar-refractivity contribution in [3.8, 4) is 0 Å². The Morgan fingerprint density at radius 1 is 1.50 bits per heavy atom. The Balaban J connectivity index is 1.91. The fraction of sp³-hybridized carbons (Fsp3) is 0.308. The molecule has 3 nitrogen and oxygen atoms in total. The van der Waals surface area contributed by atoms with Gasteiger partial charge in [0.15, 0.2) is 0 Å². The highest BCUT2D eigenvalue weighted by molar-refractivity contribution is 5.85. The van der Waals surface area contributed by atoms with Crippen LogP contribution in [-0.2, 0) is 16.0 Å². The van der Waals surface area contributed by atoms with Crippen molar-refractivity contribution in [1.29, 1.82) is 0 Å². The first-order valence-electron chi connectivity index (χ1n) is 5.43. The summed E-state index contributed by atoms with van der Waals surface area (Å²) in [5.74, 6) is -0.435. The number of carbonyl (C=O) groups is 1. The van der Waals surface area contributed by atoms with E-state index in [0.717, 1.165) is 12.8 Å². The molecule has 3 heteroatoms. The van der Waals surface area contributed by atoms with E-state index in [1.165, 1.54) is 17.2 Å². The fourth-order valence-corrected chi connectivity index (χ4v) is 2.03. The summed E-state index contributed by atoms with van der Waals surface area (Å²) in [5.41, 5.74) is 7.62. The van der Waals surface area contributed by atoms with Gasteiger partial charge in [-0.15, -0.1) is 0 Å². The highest BCUT2D eigenvalue weighted by Crippen LogP contribution is 2.33. The van der Waals surface area contributed by atoms with Gasteiger partial charge in [0.1, 0.15) is 0 Å². The van der Waals surface area contributed by atoms with Crippen LogP contribution in [-0.4, -0.2) is 12.5 Å². The van der Waals surface area contributed by atoms with Crippen LogP contribution < -0.4 is 5.73 Å². The molecule has 1 aromatic carbocycles. The number of carbonyl (C=O) groups excluding carboxylic acids is 1. The molecule has 1 atom stereocenters. The van der Waals surface area contributed by atoms with Crippen molar-refractivity contribution in [3.63, 3.8) is 0 Å². The van der Waals surface area contributed by atoms with Gasteiger partial charge >= 0.3 is 0 Å². The van der Waals surface area contributed by atoms with Crippen molar-refractivity contribution < 1.29 is 9.53 Å². The van der Waals surface area contributed by atoms with Crippen LogP contribution in [0.2, 0.25) is 0 Å². The topological polar surface area (TPSA) is 52.3 Å². The molecule has 1 aliphatic carbocycles. The zero-order valence-corrected chi connectivity index (χ0v) is 9.06. The van der Waals surface area contributed by atoms with E-state index in [2.05, 4.69) is 12.1 Å². The molecule has 84 valence electrons. The van der Waals surface area contributed by atoms with E-state index >= 15 is 0 Å². The standard InChI is InChI=1S/C13H15NO2/c14-13(15)6-3-9-16-12-8-7-10-4-1-2-5-11(10)12/h1-6,12H,7-9H2,(H2,14,15). The van der Waals surface area contributed by atoms with E-state index in [1.807, 2.05) is 12.1 Å². The summed E-state index contributed by atoms with van der Waals surface area (Å²) in [5, 5.41) is 0. The maximum Gasteiger partial charge on any atom is 0.241 e. The number of ether oxygens (including phenoxy) is 1. The van der Waals surface area contributed by atoms with Crippen molar-refractivity contribution >= 4 is 5.91 Å². The Hall–Kier alpha value is -1.61. The molecular weight excluding hydrogens is 202 g/mol. The van der Waals surface area contributed by atoms with Crippen molar-refractivity contribution in [2.75, 3.05) is 6.61 Å². The van der Waals surface area contributed by atoms with Gasteiger partial charge in [-0.25, -0.2) is 0 Å². The van der Waals surface area contributed by atoms with Gasteiger partial charge in [0.25, 0.3) is 0 Å². The van der Waals surface area contributed by atoms with Crippen LogP contribution >= 0.6 is 0 Å². The Morgan fingerprint density at radius 2 is 2.31 bits per heavy atom. The van der Waals surface area contributed by atoms with E-state index in [9.17, 15) is 4.79 Å². The first-order valence-corrected chi connectivity index (χ1v) is 5.43. The average Bonchev–Trinajstić information content (AvgIpc) is 2.68. The first kappa shape index (κ1) is 10.9. The molecule has 0 radical (unpaired) electrons. The molecule has 0 spiro atoms. The van der Waals surface area contributed by atoms with Gasteiger partial charge in [0.2, 0.25) is 5.91 Å². The monoisotopic (exact) mass is 217 g/mol. The third kappa shape index (κ3) is 2.49. The normalized spacial score (nSPS) is 18.9. The zero-order chi connectivity index (χ0) is 11.4. The summed E-state index contributed by atoms with van der Waals surface area (Å²) < 4.78 is 5.69. The summed E-state index contributed by atoms with van der Waals surface area (Å²) in [4.78, 5) is 10.5. The largest absolute Gasteiger partial charge is 0.369 e. The van der Waals surface area contributed by atoms with Crippen LogP contribution in [0.25, 0.3) is 0 Å². The lowest BCUT2D eigenvalue weighted by Gasteiger charge is -2.11. The predicted octanol–water partition coefficient (Wildman–Crippen LogP) is 1.73. The first-order chi connectivity index (χ1) is 7.77. The maximum absolute atomic E-state index is 10.5. The van der Waals surface area contributed by atoms with Crippen molar-refractivity contribution in [1.82, 2.24) is 0 Å². The number of amides is 1. The predicted molar refractivity (Wildman–Crippen MR) is 61.8 cm³/mol. The van der Waals surface area contributed by atoms with Crippen LogP contribution in [0.15, 0.2) is 36.4 Å². The molecule has 0 aliphatic heterocycles. The van der Waals surface area contributed by atoms with Crippen molar-refractivity contribution in [2.24, 2.45) is 5.73 Å². The van der Waals surface area contributed by atoms with Gasteiger partial charge in [-0.05, 0) is 24.0 Å². The summed E-state index contributed by atoms with van der Waals surface area (Å²) >= 11 is 0. The second-order valence-electron chi connectivity index (χ2n) is 3.86. The number of fused-ring (bicyclic) bond motifs is 1. The zero-order valence-electron chi connectivity index (χ0n) is 9.06. The Labute approximate surface area is 94.9 Å². The number of rotatable bonds is 4. The van der Waals surface area contributed by atoms with Gasteiger partial charge in [-0.2, -0.15) is 0 Å². The number of nitrogens with two attached hydrogens (primary N) is 1. The maximum atomic E-state index is 10.5. The Morgan fingerprint density at radius 3 is 3.12 bits per heavy atom. The third-order valence-corrected chi connectivity index (χ3v) is 2.75. The molecule has 0 heterocycles. The van der Waals surface area contributed by atoms with Gasteiger partial charge in [-0.1, -0.05) is 30.3 Å². The molecule has 2 rings (SSSR count). The molecule has 1 unspecified atom stereocenters. The summed E-state index contributed by atoms with van der Waals surface area (Å²) in [7, 11) is 0. The molecule has 1 amide bonds. The third-order valence-electron chi connectivity index (χ3n) is 2.75. The minimum atomic E-state index is -0.435. The Bertz CT molecular complexity index is 412.